The topological polar surface area (TPSA) is 55.1 Å². The zero-order valence-corrected chi connectivity index (χ0v) is 11.5. The standard InChI is InChI=1S/C14H28N2O/c1-10(2)12(6-7-15)4-5-14(17)16-9-13-8-11(13)3/h10-13H,4-9,15H2,1-3H3,(H,16,17). The minimum Gasteiger partial charge on any atom is -0.356 e. The highest BCUT2D eigenvalue weighted by Crippen LogP contribution is 2.36. The molecule has 0 bridgehead atoms. The van der Waals surface area contributed by atoms with Gasteiger partial charge in [-0.15, -0.1) is 0 Å². The summed E-state index contributed by atoms with van der Waals surface area (Å²) in [4.78, 5) is 11.7. The van der Waals surface area contributed by atoms with Crippen LogP contribution >= 0.6 is 0 Å². The minimum atomic E-state index is 0.215. The molecule has 3 heteroatoms. The van der Waals surface area contributed by atoms with Crippen molar-refractivity contribution < 1.29 is 4.79 Å². The van der Waals surface area contributed by atoms with Gasteiger partial charge in [0.15, 0.2) is 0 Å². The Hall–Kier alpha value is -0.570. The monoisotopic (exact) mass is 240 g/mol. The van der Waals surface area contributed by atoms with E-state index in [0.29, 0.717) is 18.3 Å². The molecule has 1 amide bonds. The lowest BCUT2D eigenvalue weighted by atomic mass is 9.88. The summed E-state index contributed by atoms with van der Waals surface area (Å²) >= 11 is 0. The van der Waals surface area contributed by atoms with Gasteiger partial charge in [0.25, 0.3) is 0 Å². The number of hydrogen-bond acceptors (Lipinski definition) is 2. The molecule has 0 saturated heterocycles. The Morgan fingerprint density at radius 3 is 2.53 bits per heavy atom. The van der Waals surface area contributed by atoms with Crippen molar-refractivity contribution in [2.75, 3.05) is 13.1 Å². The van der Waals surface area contributed by atoms with Crippen LogP contribution in [0.15, 0.2) is 0 Å². The second-order valence-electron chi connectivity index (χ2n) is 5.90. The fourth-order valence-electron chi connectivity index (χ4n) is 2.36. The van der Waals surface area contributed by atoms with Crippen molar-refractivity contribution in [2.24, 2.45) is 29.4 Å². The maximum atomic E-state index is 11.7. The largest absolute Gasteiger partial charge is 0.356 e. The smallest absolute Gasteiger partial charge is 0.220 e. The Morgan fingerprint density at radius 1 is 1.41 bits per heavy atom. The molecule has 3 unspecified atom stereocenters. The van der Waals surface area contributed by atoms with E-state index < -0.39 is 0 Å². The van der Waals surface area contributed by atoms with Gasteiger partial charge in [0.05, 0.1) is 0 Å². The third-order valence-corrected chi connectivity index (χ3v) is 4.06. The van der Waals surface area contributed by atoms with E-state index in [0.717, 1.165) is 37.8 Å². The Kier molecular flexibility index (Phi) is 5.96. The van der Waals surface area contributed by atoms with E-state index in [9.17, 15) is 4.79 Å². The first-order chi connectivity index (χ1) is 8.04. The van der Waals surface area contributed by atoms with Gasteiger partial charge in [-0.1, -0.05) is 20.8 Å². The number of amides is 1. The molecule has 17 heavy (non-hydrogen) atoms. The van der Waals surface area contributed by atoms with E-state index >= 15 is 0 Å². The third kappa shape index (κ3) is 5.53. The molecule has 0 aromatic heterocycles. The number of hydrogen-bond donors (Lipinski definition) is 2. The van der Waals surface area contributed by atoms with E-state index in [1.165, 1.54) is 6.42 Å². The molecule has 0 aliphatic heterocycles. The second-order valence-corrected chi connectivity index (χ2v) is 5.90. The number of rotatable bonds is 8. The molecule has 3 atom stereocenters. The third-order valence-electron chi connectivity index (χ3n) is 4.06. The molecule has 1 aliphatic rings. The van der Waals surface area contributed by atoms with Crippen LogP contribution in [0.25, 0.3) is 0 Å². The first kappa shape index (κ1) is 14.5. The summed E-state index contributed by atoms with van der Waals surface area (Å²) in [5.74, 6) is 2.98. The molecule has 1 rings (SSSR count). The lowest BCUT2D eigenvalue weighted by molar-refractivity contribution is -0.121. The van der Waals surface area contributed by atoms with Gasteiger partial charge in [0.1, 0.15) is 0 Å². The number of carbonyl (C=O) groups excluding carboxylic acids is 1. The Balaban J connectivity index is 2.12. The van der Waals surface area contributed by atoms with Crippen molar-refractivity contribution in [1.29, 1.82) is 0 Å². The fraction of sp³-hybridized carbons (Fsp3) is 0.929. The first-order valence-corrected chi connectivity index (χ1v) is 7.01. The normalized spacial score (nSPS) is 24.8. The van der Waals surface area contributed by atoms with Crippen LogP contribution in [0.5, 0.6) is 0 Å². The van der Waals surface area contributed by atoms with E-state index in [-0.39, 0.29) is 5.91 Å². The molecule has 3 N–H and O–H groups in total. The molecule has 0 spiro atoms. The molecule has 0 radical (unpaired) electrons. The summed E-state index contributed by atoms with van der Waals surface area (Å²) in [7, 11) is 0. The van der Waals surface area contributed by atoms with Gasteiger partial charge in [0, 0.05) is 13.0 Å². The Morgan fingerprint density at radius 2 is 2.06 bits per heavy atom. The summed E-state index contributed by atoms with van der Waals surface area (Å²) in [6.45, 7) is 8.27. The second kappa shape index (κ2) is 7.00. The van der Waals surface area contributed by atoms with Crippen molar-refractivity contribution in [2.45, 2.75) is 46.5 Å². The first-order valence-electron chi connectivity index (χ1n) is 7.01. The van der Waals surface area contributed by atoms with Crippen LogP contribution in [0, 0.1) is 23.7 Å². The van der Waals surface area contributed by atoms with Crippen LogP contribution in [0.1, 0.15) is 46.5 Å². The summed E-state index contributed by atoms with van der Waals surface area (Å²) < 4.78 is 0. The zero-order valence-electron chi connectivity index (χ0n) is 11.5. The summed E-state index contributed by atoms with van der Waals surface area (Å²) in [5.41, 5.74) is 5.59. The van der Waals surface area contributed by atoms with Gasteiger partial charge in [0.2, 0.25) is 5.91 Å². The number of carbonyl (C=O) groups is 1. The molecule has 0 aromatic rings. The molecule has 3 nitrogen and oxygen atoms in total. The van der Waals surface area contributed by atoms with E-state index in [4.69, 9.17) is 5.73 Å². The van der Waals surface area contributed by atoms with Crippen LogP contribution in [-0.2, 0) is 4.79 Å². The lowest BCUT2D eigenvalue weighted by Gasteiger charge is -2.19. The average Bonchev–Trinajstić information content (AvgIpc) is 2.97. The predicted molar refractivity (Wildman–Crippen MR) is 71.5 cm³/mol. The van der Waals surface area contributed by atoms with E-state index in [1.54, 1.807) is 0 Å². The van der Waals surface area contributed by atoms with Crippen molar-refractivity contribution in [1.82, 2.24) is 5.32 Å². The van der Waals surface area contributed by atoms with Gasteiger partial charge in [-0.05, 0) is 49.5 Å². The van der Waals surface area contributed by atoms with Crippen LogP contribution < -0.4 is 11.1 Å². The van der Waals surface area contributed by atoms with E-state index in [1.807, 2.05) is 0 Å². The van der Waals surface area contributed by atoms with Crippen molar-refractivity contribution >= 4 is 5.91 Å². The molecule has 100 valence electrons. The predicted octanol–water partition coefficient (Wildman–Crippen LogP) is 2.16. The molecule has 1 saturated carbocycles. The Labute approximate surface area is 106 Å². The highest BCUT2D eigenvalue weighted by Gasteiger charge is 2.32. The SMILES string of the molecule is CC(C)C(CCN)CCC(=O)NCC1CC1C. The molecule has 1 aliphatic carbocycles. The maximum Gasteiger partial charge on any atom is 0.220 e. The number of nitrogens with two attached hydrogens (primary N) is 1. The molecule has 0 aromatic carbocycles. The van der Waals surface area contributed by atoms with Crippen LogP contribution in [0.3, 0.4) is 0 Å². The van der Waals surface area contributed by atoms with Gasteiger partial charge in [-0.2, -0.15) is 0 Å². The van der Waals surface area contributed by atoms with Crippen molar-refractivity contribution in [3.05, 3.63) is 0 Å². The summed E-state index contributed by atoms with van der Waals surface area (Å²) in [6.07, 6.45) is 3.94. The molecular weight excluding hydrogens is 212 g/mol. The zero-order chi connectivity index (χ0) is 12.8. The summed E-state index contributed by atoms with van der Waals surface area (Å²) in [5, 5.41) is 3.04. The molecular formula is C14H28N2O. The van der Waals surface area contributed by atoms with E-state index in [2.05, 4.69) is 26.1 Å². The van der Waals surface area contributed by atoms with Crippen molar-refractivity contribution in [3.8, 4) is 0 Å². The highest BCUT2D eigenvalue weighted by atomic mass is 16.1. The highest BCUT2D eigenvalue weighted by molar-refractivity contribution is 5.75. The maximum absolute atomic E-state index is 11.7. The quantitative estimate of drug-likeness (QED) is 0.683. The van der Waals surface area contributed by atoms with Gasteiger partial charge in [-0.3, -0.25) is 4.79 Å². The minimum absolute atomic E-state index is 0.215. The summed E-state index contributed by atoms with van der Waals surface area (Å²) in [6, 6.07) is 0. The fourth-order valence-corrected chi connectivity index (χ4v) is 2.36. The van der Waals surface area contributed by atoms with Crippen molar-refractivity contribution in [3.63, 3.8) is 0 Å². The van der Waals surface area contributed by atoms with Crippen LogP contribution in [-0.4, -0.2) is 19.0 Å². The average molecular weight is 240 g/mol. The van der Waals surface area contributed by atoms with Crippen LogP contribution in [0.4, 0.5) is 0 Å². The molecule has 0 heterocycles. The van der Waals surface area contributed by atoms with Crippen LogP contribution in [0.2, 0.25) is 0 Å². The molecule has 1 fully saturated rings. The van der Waals surface area contributed by atoms with Gasteiger partial charge < -0.3 is 11.1 Å². The van der Waals surface area contributed by atoms with Gasteiger partial charge >= 0.3 is 0 Å². The van der Waals surface area contributed by atoms with Gasteiger partial charge in [-0.25, -0.2) is 0 Å². The lowest BCUT2D eigenvalue weighted by Crippen LogP contribution is -2.27. The Bertz CT molecular complexity index is 240. The number of nitrogens with one attached hydrogen (secondary N) is 1.